The molecule has 20 heavy (non-hydrogen) atoms. The van der Waals surface area contributed by atoms with Crippen LogP contribution in [0.1, 0.15) is 21.3 Å². The number of rotatable bonds is 5. The van der Waals surface area contributed by atoms with Crippen molar-refractivity contribution in [2.24, 2.45) is 0 Å². The van der Waals surface area contributed by atoms with Crippen LogP contribution in [0.2, 0.25) is 0 Å². The van der Waals surface area contributed by atoms with E-state index < -0.39 is 0 Å². The first-order valence-corrected chi connectivity index (χ1v) is 7.99. The summed E-state index contributed by atoms with van der Waals surface area (Å²) >= 11 is 5.11. The van der Waals surface area contributed by atoms with Gasteiger partial charge in [0.2, 0.25) is 0 Å². The second-order valence-corrected chi connectivity index (χ2v) is 6.52. The lowest BCUT2D eigenvalue weighted by atomic mass is 10.2. The maximum Gasteiger partial charge on any atom is 0.252 e. The number of likely N-dealkylation sites (N-methyl/N-ethyl adjacent to an activating group) is 1. The van der Waals surface area contributed by atoms with Crippen LogP contribution in [0.15, 0.2) is 46.3 Å². The van der Waals surface area contributed by atoms with Crippen molar-refractivity contribution in [1.82, 2.24) is 10.2 Å². The summed E-state index contributed by atoms with van der Waals surface area (Å²) in [6.07, 6.45) is 0. The molecule has 2 rings (SSSR count). The smallest absolute Gasteiger partial charge is 0.252 e. The van der Waals surface area contributed by atoms with Crippen LogP contribution in [0, 0.1) is 0 Å². The Hall–Kier alpha value is -1.17. The third-order valence-corrected chi connectivity index (χ3v) is 4.73. The van der Waals surface area contributed by atoms with Gasteiger partial charge in [0.25, 0.3) is 5.91 Å². The number of nitrogens with zero attached hydrogens (tertiary/aromatic N) is 1. The summed E-state index contributed by atoms with van der Waals surface area (Å²) in [4.78, 5) is 15.6. The summed E-state index contributed by atoms with van der Waals surface area (Å²) in [5.41, 5.74) is 0.663. The molecule has 106 valence electrons. The Morgan fingerprint density at radius 2 is 2.05 bits per heavy atom. The van der Waals surface area contributed by atoms with Gasteiger partial charge in [-0.15, -0.1) is 11.3 Å². The van der Waals surface area contributed by atoms with Gasteiger partial charge in [0.15, 0.2) is 0 Å². The summed E-state index contributed by atoms with van der Waals surface area (Å²) in [6, 6.07) is 11.8. The lowest BCUT2D eigenvalue weighted by Crippen LogP contribution is -2.34. The van der Waals surface area contributed by atoms with E-state index in [1.54, 1.807) is 11.3 Å². The first kappa shape index (κ1) is 15.2. The third kappa shape index (κ3) is 3.69. The molecule has 2 aromatic rings. The molecular formula is C15H17BrN2OS. The van der Waals surface area contributed by atoms with Gasteiger partial charge in [-0.05, 0) is 53.6 Å². The number of hydrogen-bond acceptors (Lipinski definition) is 3. The molecule has 1 aromatic carbocycles. The molecule has 1 N–H and O–H groups in total. The predicted molar refractivity (Wildman–Crippen MR) is 87.2 cm³/mol. The summed E-state index contributed by atoms with van der Waals surface area (Å²) in [5.74, 6) is -0.0547. The highest BCUT2D eigenvalue weighted by molar-refractivity contribution is 9.10. The summed E-state index contributed by atoms with van der Waals surface area (Å²) in [5, 5.41) is 5.06. The molecule has 0 aliphatic rings. The molecule has 3 nitrogen and oxygen atoms in total. The zero-order chi connectivity index (χ0) is 14.5. The zero-order valence-corrected chi connectivity index (χ0v) is 13.9. The monoisotopic (exact) mass is 352 g/mol. The van der Waals surface area contributed by atoms with Crippen LogP contribution in [0.3, 0.4) is 0 Å². The Bertz CT molecular complexity index is 569. The molecule has 5 heteroatoms. The maximum absolute atomic E-state index is 12.2. The molecule has 0 bridgehead atoms. The first-order valence-electron chi connectivity index (χ1n) is 6.32. The molecule has 0 aliphatic heterocycles. The Balaban J connectivity index is 2.03. The van der Waals surface area contributed by atoms with Crippen LogP contribution in [-0.2, 0) is 0 Å². The second-order valence-electron chi connectivity index (χ2n) is 4.68. The van der Waals surface area contributed by atoms with Crippen molar-refractivity contribution in [2.45, 2.75) is 6.04 Å². The minimum Gasteiger partial charge on any atom is -0.350 e. The van der Waals surface area contributed by atoms with Crippen LogP contribution in [-0.4, -0.2) is 31.4 Å². The van der Waals surface area contributed by atoms with Gasteiger partial charge < -0.3 is 10.2 Å². The van der Waals surface area contributed by atoms with Crippen molar-refractivity contribution >= 4 is 33.2 Å². The summed E-state index contributed by atoms with van der Waals surface area (Å²) < 4.78 is 0.815. The van der Waals surface area contributed by atoms with Gasteiger partial charge in [-0.25, -0.2) is 0 Å². The molecule has 0 radical (unpaired) electrons. The van der Waals surface area contributed by atoms with E-state index in [9.17, 15) is 4.79 Å². The number of benzene rings is 1. The average Bonchev–Trinajstić information content (AvgIpc) is 2.92. The summed E-state index contributed by atoms with van der Waals surface area (Å²) in [6.45, 7) is 0.591. The second kappa shape index (κ2) is 7.02. The molecule has 0 unspecified atom stereocenters. The highest BCUT2D eigenvalue weighted by atomic mass is 79.9. The van der Waals surface area contributed by atoms with E-state index in [1.165, 1.54) is 4.88 Å². The third-order valence-electron chi connectivity index (χ3n) is 3.07. The fourth-order valence-corrected chi connectivity index (χ4v) is 3.34. The molecule has 1 atom stereocenters. The van der Waals surface area contributed by atoms with E-state index >= 15 is 0 Å². The molecule has 1 aromatic heterocycles. The first-order chi connectivity index (χ1) is 9.59. The van der Waals surface area contributed by atoms with E-state index in [-0.39, 0.29) is 11.9 Å². The molecular weight excluding hydrogens is 336 g/mol. The minimum absolute atomic E-state index is 0.0547. The molecule has 1 heterocycles. The van der Waals surface area contributed by atoms with E-state index in [2.05, 4.69) is 37.6 Å². The van der Waals surface area contributed by atoms with Crippen molar-refractivity contribution < 1.29 is 4.79 Å². The highest BCUT2D eigenvalue weighted by Gasteiger charge is 2.17. The fraction of sp³-hybridized carbons (Fsp3) is 0.267. The number of amides is 1. The van der Waals surface area contributed by atoms with Gasteiger partial charge in [0.05, 0.1) is 11.6 Å². The Kier molecular flexibility index (Phi) is 5.34. The van der Waals surface area contributed by atoms with Crippen LogP contribution >= 0.6 is 27.3 Å². The molecule has 0 saturated heterocycles. The number of nitrogens with one attached hydrogen (secondary N) is 1. The SMILES string of the molecule is CN(C)[C@H](CNC(=O)c1ccccc1Br)c1cccs1. The lowest BCUT2D eigenvalue weighted by molar-refractivity contribution is 0.0941. The largest absolute Gasteiger partial charge is 0.350 e. The molecule has 1 amide bonds. The van der Waals surface area contributed by atoms with E-state index in [0.29, 0.717) is 12.1 Å². The standard InChI is InChI=1S/C15H17BrN2OS/c1-18(2)13(14-8-5-9-20-14)10-17-15(19)11-6-3-4-7-12(11)16/h3-9,13H,10H2,1-2H3,(H,17,19)/t13-/m1/s1. The number of thiophene rings is 1. The van der Waals surface area contributed by atoms with E-state index in [1.807, 2.05) is 44.4 Å². The molecule has 0 fully saturated rings. The quantitative estimate of drug-likeness (QED) is 0.892. The Morgan fingerprint density at radius 1 is 1.30 bits per heavy atom. The lowest BCUT2D eigenvalue weighted by Gasteiger charge is -2.23. The number of carbonyl (C=O) groups excluding carboxylic acids is 1. The van der Waals surface area contributed by atoms with Crippen LogP contribution in [0.5, 0.6) is 0 Å². The van der Waals surface area contributed by atoms with Gasteiger partial charge in [0.1, 0.15) is 0 Å². The molecule has 0 spiro atoms. The van der Waals surface area contributed by atoms with Crippen molar-refractivity contribution in [3.63, 3.8) is 0 Å². The van der Waals surface area contributed by atoms with Gasteiger partial charge in [-0.3, -0.25) is 4.79 Å². The fourth-order valence-electron chi connectivity index (χ4n) is 1.95. The van der Waals surface area contributed by atoms with Gasteiger partial charge in [-0.1, -0.05) is 18.2 Å². The van der Waals surface area contributed by atoms with Crippen molar-refractivity contribution in [3.05, 3.63) is 56.7 Å². The zero-order valence-electron chi connectivity index (χ0n) is 11.5. The number of halogens is 1. The Labute approximate surface area is 131 Å². The summed E-state index contributed by atoms with van der Waals surface area (Å²) in [7, 11) is 4.05. The highest BCUT2D eigenvalue weighted by Crippen LogP contribution is 2.22. The van der Waals surface area contributed by atoms with E-state index in [0.717, 1.165) is 4.47 Å². The molecule has 0 saturated carbocycles. The number of carbonyl (C=O) groups is 1. The van der Waals surface area contributed by atoms with Crippen molar-refractivity contribution in [1.29, 1.82) is 0 Å². The average molecular weight is 353 g/mol. The van der Waals surface area contributed by atoms with Gasteiger partial charge in [0, 0.05) is 15.9 Å². The topological polar surface area (TPSA) is 32.3 Å². The van der Waals surface area contributed by atoms with Crippen molar-refractivity contribution in [3.8, 4) is 0 Å². The van der Waals surface area contributed by atoms with Crippen LogP contribution in [0.4, 0.5) is 0 Å². The number of hydrogen-bond donors (Lipinski definition) is 1. The predicted octanol–water partition coefficient (Wildman–Crippen LogP) is 3.54. The maximum atomic E-state index is 12.2. The van der Waals surface area contributed by atoms with Crippen LogP contribution in [0.25, 0.3) is 0 Å². The molecule has 0 aliphatic carbocycles. The van der Waals surface area contributed by atoms with Gasteiger partial charge in [-0.2, -0.15) is 0 Å². The normalized spacial score (nSPS) is 12.4. The van der Waals surface area contributed by atoms with E-state index in [4.69, 9.17) is 0 Å². The Morgan fingerprint density at radius 3 is 2.65 bits per heavy atom. The minimum atomic E-state index is -0.0547. The van der Waals surface area contributed by atoms with Gasteiger partial charge >= 0.3 is 0 Å². The van der Waals surface area contributed by atoms with Crippen molar-refractivity contribution in [2.75, 3.05) is 20.6 Å². The van der Waals surface area contributed by atoms with Crippen LogP contribution < -0.4 is 5.32 Å².